The molecule has 10 nitrogen and oxygen atoms in total. The molecule has 0 radical (unpaired) electrons. The van der Waals surface area contributed by atoms with Crippen molar-refractivity contribution in [2.75, 3.05) is 32.2 Å². The molecule has 3 aromatic rings. The molecule has 5 rings (SSSR count). The highest BCUT2D eigenvalue weighted by Crippen LogP contribution is 2.34. The van der Waals surface area contributed by atoms with Gasteiger partial charge >= 0.3 is 12.1 Å². The number of methoxy groups -OCH3 is 2. The number of hydrogen-bond acceptors (Lipinski definition) is 7. The number of hydrogen-bond donors (Lipinski definition) is 0. The third kappa shape index (κ3) is 7.93. The first kappa shape index (κ1) is 33.5. The summed E-state index contributed by atoms with van der Waals surface area (Å²) in [4.78, 5) is 59.3. The van der Waals surface area contributed by atoms with Crippen LogP contribution in [0.15, 0.2) is 72.8 Å². The maximum atomic E-state index is 14.6. The Morgan fingerprint density at radius 2 is 1.51 bits per heavy atom. The number of esters is 1. The van der Waals surface area contributed by atoms with Crippen molar-refractivity contribution in [1.82, 2.24) is 9.80 Å². The van der Waals surface area contributed by atoms with Gasteiger partial charge in [0, 0.05) is 25.6 Å². The van der Waals surface area contributed by atoms with Gasteiger partial charge in [-0.05, 0) is 74.1 Å². The molecule has 0 N–H and O–H groups in total. The molecule has 3 aromatic carbocycles. The van der Waals surface area contributed by atoms with Gasteiger partial charge in [-0.2, -0.15) is 0 Å². The zero-order chi connectivity index (χ0) is 33.7. The first-order valence-corrected chi connectivity index (χ1v) is 15.9. The van der Waals surface area contributed by atoms with E-state index in [-0.39, 0.29) is 31.3 Å². The molecular weight excluding hydrogens is 598 g/mol. The van der Waals surface area contributed by atoms with Crippen LogP contribution in [0.4, 0.5) is 10.5 Å². The summed E-state index contributed by atoms with van der Waals surface area (Å²) in [7, 11) is 2.93. The minimum Gasteiger partial charge on any atom is -0.497 e. The Labute approximate surface area is 276 Å². The first-order chi connectivity index (χ1) is 22.5. The summed E-state index contributed by atoms with van der Waals surface area (Å²) in [6.07, 6.45) is 0.697. The Morgan fingerprint density at radius 1 is 0.851 bits per heavy atom. The van der Waals surface area contributed by atoms with E-state index >= 15 is 0 Å². The highest BCUT2D eigenvalue weighted by molar-refractivity contribution is 6.01. The summed E-state index contributed by atoms with van der Waals surface area (Å²) >= 11 is 0. The minimum absolute atomic E-state index is 0.0424. The van der Waals surface area contributed by atoms with Gasteiger partial charge < -0.3 is 24.0 Å². The molecule has 2 aliphatic heterocycles. The van der Waals surface area contributed by atoms with Gasteiger partial charge in [-0.25, -0.2) is 4.79 Å². The van der Waals surface area contributed by atoms with E-state index in [4.69, 9.17) is 14.2 Å². The summed E-state index contributed by atoms with van der Waals surface area (Å²) in [6, 6.07) is 21.5. The van der Waals surface area contributed by atoms with Crippen LogP contribution >= 0.6 is 0 Å². The average Bonchev–Trinajstić information content (AvgIpc) is 3.45. The van der Waals surface area contributed by atoms with Crippen LogP contribution in [-0.2, 0) is 49.7 Å². The Hall–Kier alpha value is -4.86. The molecule has 0 unspecified atom stereocenters. The van der Waals surface area contributed by atoms with Gasteiger partial charge in [-0.1, -0.05) is 54.6 Å². The molecule has 248 valence electrons. The summed E-state index contributed by atoms with van der Waals surface area (Å²) in [5, 5.41) is 0. The second kappa shape index (κ2) is 14.3. The zero-order valence-electron chi connectivity index (χ0n) is 27.7. The van der Waals surface area contributed by atoms with Gasteiger partial charge in [0.15, 0.2) is 0 Å². The van der Waals surface area contributed by atoms with Crippen molar-refractivity contribution in [3.8, 4) is 5.75 Å². The average molecular weight is 642 g/mol. The molecule has 47 heavy (non-hydrogen) atoms. The zero-order valence-corrected chi connectivity index (χ0v) is 27.7. The Kier molecular flexibility index (Phi) is 10.2. The van der Waals surface area contributed by atoms with Gasteiger partial charge in [0.05, 0.1) is 32.9 Å². The Morgan fingerprint density at radius 3 is 2.17 bits per heavy atom. The monoisotopic (exact) mass is 641 g/mol. The number of carbonyl (C=O) groups is 4. The molecule has 3 amide bonds. The van der Waals surface area contributed by atoms with Crippen molar-refractivity contribution in [3.05, 3.63) is 95.1 Å². The number of benzene rings is 3. The molecule has 0 spiro atoms. The molecule has 0 bridgehead atoms. The number of fused-ring (bicyclic) bond motifs is 2. The summed E-state index contributed by atoms with van der Waals surface area (Å²) in [5.74, 6) is -0.321. The second-order valence-corrected chi connectivity index (χ2v) is 13.0. The van der Waals surface area contributed by atoms with Gasteiger partial charge in [0.2, 0.25) is 11.8 Å². The third-order valence-corrected chi connectivity index (χ3v) is 8.62. The SMILES string of the molecule is COC(=O)C[C@H]1Cc2ccccc2CN1C(=O)CN(CCc1ccc(OC)cc1)C(=O)[C@H]1Cc2ccccc2N1C(=O)OC(C)(C)C. The number of nitrogens with zero attached hydrogens (tertiary/aromatic N) is 3. The number of carbonyl (C=O) groups excluding carboxylic acids is 4. The van der Waals surface area contributed by atoms with Crippen LogP contribution in [0.2, 0.25) is 0 Å². The van der Waals surface area contributed by atoms with Gasteiger partial charge in [0.25, 0.3) is 0 Å². The number of ether oxygens (including phenoxy) is 3. The lowest BCUT2D eigenvalue weighted by Gasteiger charge is -2.38. The predicted octanol–water partition coefficient (Wildman–Crippen LogP) is 4.95. The topological polar surface area (TPSA) is 106 Å². The second-order valence-electron chi connectivity index (χ2n) is 13.0. The van der Waals surface area contributed by atoms with Crippen molar-refractivity contribution >= 4 is 29.6 Å². The first-order valence-electron chi connectivity index (χ1n) is 15.9. The molecule has 0 fully saturated rings. The van der Waals surface area contributed by atoms with Gasteiger partial charge in [0.1, 0.15) is 17.4 Å². The van der Waals surface area contributed by atoms with Crippen molar-refractivity contribution < 1.29 is 33.4 Å². The molecule has 0 saturated carbocycles. The maximum absolute atomic E-state index is 14.6. The number of rotatable bonds is 9. The Bertz CT molecular complexity index is 1610. The third-order valence-electron chi connectivity index (χ3n) is 8.62. The fraction of sp³-hybridized carbons (Fsp3) is 0.405. The minimum atomic E-state index is -0.890. The Balaban J connectivity index is 1.44. The highest BCUT2D eigenvalue weighted by atomic mass is 16.6. The van der Waals surface area contributed by atoms with E-state index in [0.29, 0.717) is 31.5 Å². The van der Waals surface area contributed by atoms with Gasteiger partial charge in [-0.15, -0.1) is 0 Å². The molecule has 0 saturated heterocycles. The molecule has 0 aliphatic carbocycles. The smallest absolute Gasteiger partial charge is 0.415 e. The lowest BCUT2D eigenvalue weighted by atomic mass is 9.92. The predicted molar refractivity (Wildman–Crippen MR) is 177 cm³/mol. The fourth-order valence-corrected chi connectivity index (χ4v) is 6.25. The van der Waals surface area contributed by atoms with Crippen LogP contribution < -0.4 is 9.64 Å². The molecule has 0 aromatic heterocycles. The molecule has 2 atom stereocenters. The van der Waals surface area contributed by atoms with Crippen molar-refractivity contribution in [2.24, 2.45) is 0 Å². The van der Waals surface area contributed by atoms with Crippen molar-refractivity contribution in [3.63, 3.8) is 0 Å². The van der Waals surface area contributed by atoms with Gasteiger partial charge in [-0.3, -0.25) is 19.3 Å². The van der Waals surface area contributed by atoms with E-state index < -0.39 is 29.7 Å². The summed E-state index contributed by atoms with van der Waals surface area (Å²) < 4.78 is 16.0. The van der Waals surface area contributed by atoms with Crippen LogP contribution in [0, 0.1) is 0 Å². The number of anilines is 1. The normalized spacial score (nSPS) is 17.0. The molecular formula is C37H43N3O7. The van der Waals surface area contributed by atoms with Crippen LogP contribution in [0.1, 0.15) is 49.4 Å². The van der Waals surface area contributed by atoms with Crippen LogP contribution in [0.25, 0.3) is 0 Å². The lowest BCUT2D eigenvalue weighted by molar-refractivity contribution is -0.147. The van der Waals surface area contributed by atoms with E-state index in [1.807, 2.05) is 72.8 Å². The maximum Gasteiger partial charge on any atom is 0.415 e. The quantitative estimate of drug-likeness (QED) is 0.305. The van der Waals surface area contributed by atoms with E-state index in [9.17, 15) is 19.2 Å². The van der Waals surface area contributed by atoms with Crippen LogP contribution in [-0.4, -0.2) is 78.7 Å². The standard InChI is InChI=1S/C37H43N3O7/c1-37(2,3)47-36(44)40-31-13-9-8-11-27(31)21-32(40)35(43)38(19-18-25-14-16-30(45-4)17-15-25)24-33(41)39-23-28-12-7-6-10-26(28)20-29(39)22-34(42)46-5/h6-17,29,32H,18-24H2,1-5H3/t29-,32-/m1/s1. The summed E-state index contributed by atoms with van der Waals surface area (Å²) in [5.41, 5.74) is 3.74. The lowest BCUT2D eigenvalue weighted by Crippen LogP contribution is -2.55. The largest absolute Gasteiger partial charge is 0.497 e. The number of para-hydroxylation sites is 1. The van der Waals surface area contributed by atoms with E-state index in [1.54, 1.807) is 32.8 Å². The molecule has 2 heterocycles. The molecule has 10 heteroatoms. The van der Waals surface area contributed by atoms with E-state index in [2.05, 4.69) is 0 Å². The summed E-state index contributed by atoms with van der Waals surface area (Å²) in [6.45, 7) is 5.68. The molecule has 2 aliphatic rings. The van der Waals surface area contributed by atoms with Crippen molar-refractivity contribution in [1.29, 1.82) is 0 Å². The van der Waals surface area contributed by atoms with Crippen LogP contribution in [0.5, 0.6) is 5.75 Å². The van der Waals surface area contributed by atoms with Crippen molar-refractivity contribution in [2.45, 2.75) is 70.7 Å². The fourth-order valence-electron chi connectivity index (χ4n) is 6.25. The van der Waals surface area contributed by atoms with E-state index in [0.717, 1.165) is 28.0 Å². The van der Waals surface area contributed by atoms with Crippen LogP contribution in [0.3, 0.4) is 0 Å². The van der Waals surface area contributed by atoms with E-state index in [1.165, 1.54) is 16.9 Å². The highest BCUT2D eigenvalue weighted by Gasteiger charge is 2.43. The number of amides is 3.